The van der Waals surface area contributed by atoms with E-state index in [9.17, 15) is 4.79 Å². The molecule has 21 heavy (non-hydrogen) atoms. The van der Waals surface area contributed by atoms with Gasteiger partial charge in [-0.2, -0.15) is 0 Å². The zero-order valence-corrected chi connectivity index (χ0v) is 13.5. The maximum atomic E-state index is 11.0. The van der Waals surface area contributed by atoms with Gasteiger partial charge in [0.05, 0.1) is 24.6 Å². The van der Waals surface area contributed by atoms with E-state index in [4.69, 9.17) is 14.9 Å². The molecule has 0 radical (unpaired) electrons. The molecular formula is C14H24N2O4S. The molecule has 1 saturated heterocycles. The van der Waals surface area contributed by atoms with E-state index in [0.29, 0.717) is 4.70 Å². The highest BCUT2D eigenvalue weighted by Crippen LogP contribution is 2.11. The highest BCUT2D eigenvalue weighted by Gasteiger charge is 2.12. The minimum Gasteiger partial charge on any atom is -0.400 e. The third-order valence-corrected chi connectivity index (χ3v) is 3.38. The van der Waals surface area contributed by atoms with E-state index >= 15 is 0 Å². The Morgan fingerprint density at radius 1 is 1.48 bits per heavy atom. The highest BCUT2D eigenvalue weighted by atomic mass is 32.1. The monoisotopic (exact) mass is 316 g/mol. The summed E-state index contributed by atoms with van der Waals surface area (Å²) >= 11 is 1.41. The second-order valence-corrected chi connectivity index (χ2v) is 4.60. The molecule has 0 aliphatic carbocycles. The van der Waals surface area contributed by atoms with Crippen molar-refractivity contribution in [2.24, 2.45) is 0 Å². The quantitative estimate of drug-likeness (QED) is 0.745. The van der Waals surface area contributed by atoms with E-state index in [-0.39, 0.29) is 18.3 Å². The van der Waals surface area contributed by atoms with E-state index in [0.717, 1.165) is 32.1 Å². The van der Waals surface area contributed by atoms with Crippen molar-refractivity contribution in [1.29, 1.82) is 0 Å². The molecule has 3 heterocycles. The minimum atomic E-state index is -0.0556. The zero-order valence-electron chi connectivity index (χ0n) is 12.7. The van der Waals surface area contributed by atoms with Gasteiger partial charge in [0.15, 0.2) is 0 Å². The van der Waals surface area contributed by atoms with Crippen molar-refractivity contribution < 1.29 is 14.9 Å². The molecule has 2 aromatic rings. The van der Waals surface area contributed by atoms with Crippen molar-refractivity contribution in [1.82, 2.24) is 9.97 Å². The first-order valence-electron chi connectivity index (χ1n) is 6.89. The van der Waals surface area contributed by atoms with Gasteiger partial charge < -0.3 is 19.9 Å². The number of hydrogen-bond donors (Lipinski definition) is 3. The van der Waals surface area contributed by atoms with E-state index < -0.39 is 0 Å². The number of nitrogens with zero attached hydrogens (tertiary/aromatic N) is 1. The summed E-state index contributed by atoms with van der Waals surface area (Å²) in [6.45, 7) is 5.03. The molecule has 1 atom stereocenters. The van der Waals surface area contributed by atoms with Gasteiger partial charge >= 0.3 is 0 Å². The second kappa shape index (κ2) is 12.5. The summed E-state index contributed by atoms with van der Waals surface area (Å²) in [5.74, 6) is 0. The molecule has 1 aliphatic heterocycles. The first-order chi connectivity index (χ1) is 10.3. The Balaban J connectivity index is 0.000000321. The van der Waals surface area contributed by atoms with Gasteiger partial charge in [-0.3, -0.25) is 4.79 Å². The normalized spacial score (nSPS) is 16.0. The number of fused-ring (bicyclic) bond motifs is 1. The molecule has 2 aromatic heterocycles. The number of aromatic nitrogens is 2. The fraction of sp³-hybridized carbons (Fsp3) is 0.571. The standard InChI is InChI=1S/C6H4N2OS.C5H10O2.C2H6.CH4O/c9-6-5-4(1-2-10-5)7-3-8-6;6-4-5-2-1-3-7-5;2*1-2/h1-3H,(H,7,8,9);5-6H,1-4H2;1-2H3;2H,1H3/t;5-;;/m.0../s1. The number of aromatic amines is 1. The molecule has 0 aromatic carbocycles. The molecule has 6 nitrogen and oxygen atoms in total. The Kier molecular flexibility index (Phi) is 11.7. The van der Waals surface area contributed by atoms with Crippen LogP contribution in [0.15, 0.2) is 22.6 Å². The van der Waals surface area contributed by atoms with Crippen LogP contribution < -0.4 is 5.56 Å². The summed E-state index contributed by atoms with van der Waals surface area (Å²) in [4.78, 5) is 17.4. The molecule has 120 valence electrons. The second-order valence-electron chi connectivity index (χ2n) is 3.68. The summed E-state index contributed by atoms with van der Waals surface area (Å²) in [6.07, 6.45) is 3.72. The Labute approximate surface area is 128 Å². The SMILES string of the molecule is CC.CO.O=c1[nH]cnc2ccsc12.OC[C@@H]1CCCO1. The van der Waals surface area contributed by atoms with Crippen LogP contribution in [-0.2, 0) is 4.74 Å². The van der Waals surface area contributed by atoms with Crippen LogP contribution >= 0.6 is 11.3 Å². The van der Waals surface area contributed by atoms with Crippen LogP contribution in [0, 0.1) is 0 Å². The van der Waals surface area contributed by atoms with Crippen molar-refractivity contribution in [3.05, 3.63) is 28.1 Å². The molecular weight excluding hydrogens is 292 g/mol. The number of aliphatic hydroxyl groups is 2. The lowest BCUT2D eigenvalue weighted by Gasteiger charge is -2.00. The molecule has 0 unspecified atom stereocenters. The molecule has 0 bridgehead atoms. The number of thiophene rings is 1. The van der Waals surface area contributed by atoms with Crippen molar-refractivity contribution in [3.8, 4) is 0 Å². The molecule has 7 heteroatoms. The van der Waals surface area contributed by atoms with Gasteiger partial charge in [0.2, 0.25) is 0 Å². The number of H-pyrrole nitrogens is 1. The van der Waals surface area contributed by atoms with Crippen LogP contribution in [0.5, 0.6) is 0 Å². The predicted octanol–water partition coefficient (Wildman–Crippen LogP) is 1.78. The molecule has 0 saturated carbocycles. The van der Waals surface area contributed by atoms with E-state index in [1.54, 1.807) is 0 Å². The lowest BCUT2D eigenvalue weighted by Crippen LogP contribution is -2.09. The topological polar surface area (TPSA) is 95.4 Å². The number of rotatable bonds is 1. The maximum Gasteiger partial charge on any atom is 0.268 e. The number of hydrogen-bond acceptors (Lipinski definition) is 6. The van der Waals surface area contributed by atoms with Gasteiger partial charge in [-0.1, -0.05) is 13.8 Å². The average molecular weight is 316 g/mol. The average Bonchev–Trinajstić information content (AvgIpc) is 3.24. The van der Waals surface area contributed by atoms with Gasteiger partial charge in [0.1, 0.15) is 4.70 Å². The Morgan fingerprint density at radius 2 is 2.19 bits per heavy atom. The van der Waals surface area contributed by atoms with Crippen LogP contribution in [0.25, 0.3) is 10.2 Å². The lowest BCUT2D eigenvalue weighted by atomic mass is 10.2. The van der Waals surface area contributed by atoms with Crippen molar-refractivity contribution in [2.45, 2.75) is 32.8 Å². The summed E-state index contributed by atoms with van der Waals surface area (Å²) < 4.78 is 5.75. The van der Waals surface area contributed by atoms with Crippen LogP contribution in [0.3, 0.4) is 0 Å². The van der Waals surface area contributed by atoms with Gasteiger partial charge in [0, 0.05) is 13.7 Å². The zero-order chi connectivity index (χ0) is 16.1. The van der Waals surface area contributed by atoms with Crippen LogP contribution in [0.1, 0.15) is 26.7 Å². The van der Waals surface area contributed by atoms with Crippen molar-refractivity contribution in [2.75, 3.05) is 20.3 Å². The van der Waals surface area contributed by atoms with Crippen molar-refractivity contribution in [3.63, 3.8) is 0 Å². The molecule has 0 spiro atoms. The Hall–Kier alpha value is -1.28. The van der Waals surface area contributed by atoms with Gasteiger partial charge in [-0.25, -0.2) is 4.98 Å². The van der Waals surface area contributed by atoms with Crippen LogP contribution in [-0.4, -0.2) is 46.6 Å². The number of aliphatic hydroxyl groups excluding tert-OH is 2. The number of ether oxygens (including phenoxy) is 1. The van der Waals surface area contributed by atoms with E-state index in [1.807, 2.05) is 25.3 Å². The molecule has 1 aliphatic rings. The molecule has 0 amide bonds. The van der Waals surface area contributed by atoms with Gasteiger partial charge in [0.25, 0.3) is 5.56 Å². The highest BCUT2D eigenvalue weighted by molar-refractivity contribution is 7.17. The summed E-state index contributed by atoms with van der Waals surface area (Å²) in [7, 11) is 1.00. The van der Waals surface area contributed by atoms with Crippen LogP contribution in [0.2, 0.25) is 0 Å². The fourth-order valence-electron chi connectivity index (χ4n) is 1.59. The lowest BCUT2D eigenvalue weighted by molar-refractivity contribution is 0.0591. The smallest absolute Gasteiger partial charge is 0.268 e. The summed E-state index contributed by atoms with van der Waals surface area (Å²) in [6, 6.07) is 1.83. The third-order valence-electron chi connectivity index (χ3n) is 2.48. The van der Waals surface area contributed by atoms with Crippen LogP contribution in [0.4, 0.5) is 0 Å². The van der Waals surface area contributed by atoms with Gasteiger partial charge in [-0.15, -0.1) is 11.3 Å². The largest absolute Gasteiger partial charge is 0.400 e. The maximum absolute atomic E-state index is 11.0. The summed E-state index contributed by atoms with van der Waals surface area (Å²) in [5, 5.41) is 17.3. The Bertz CT molecular complexity index is 521. The first kappa shape index (κ1) is 19.7. The third kappa shape index (κ3) is 6.81. The van der Waals surface area contributed by atoms with E-state index in [1.165, 1.54) is 17.7 Å². The van der Waals surface area contributed by atoms with E-state index in [2.05, 4.69) is 9.97 Å². The molecule has 3 rings (SSSR count). The Morgan fingerprint density at radius 3 is 2.67 bits per heavy atom. The molecule has 1 fully saturated rings. The van der Waals surface area contributed by atoms with Gasteiger partial charge in [-0.05, 0) is 24.3 Å². The fourth-order valence-corrected chi connectivity index (χ4v) is 2.33. The summed E-state index contributed by atoms with van der Waals surface area (Å²) in [5.41, 5.74) is 0.716. The number of nitrogens with one attached hydrogen (secondary N) is 1. The predicted molar refractivity (Wildman–Crippen MR) is 85.8 cm³/mol. The minimum absolute atomic E-state index is 0.0556. The first-order valence-corrected chi connectivity index (χ1v) is 7.77. The van der Waals surface area contributed by atoms with Crippen molar-refractivity contribution >= 4 is 21.6 Å². The molecule has 3 N–H and O–H groups in total.